The van der Waals surface area contributed by atoms with Crippen molar-refractivity contribution < 1.29 is 0 Å². The van der Waals surface area contributed by atoms with Gasteiger partial charge < -0.3 is 5.73 Å². The molecule has 0 spiro atoms. The standard InChI is InChI=1S/C14H11ClN4O/c15-10-6-5-9(12(16)7-10)8-19-14(20)11-3-1-2-4-13(11)17-18-19/h1-7H,8,16H2. The smallest absolute Gasteiger partial charge is 0.277 e. The molecule has 3 aromatic rings. The first kappa shape index (κ1) is 12.6. The summed E-state index contributed by atoms with van der Waals surface area (Å²) in [6.45, 7) is 0.264. The van der Waals surface area contributed by atoms with Gasteiger partial charge in [-0.2, -0.15) is 0 Å². The van der Waals surface area contributed by atoms with E-state index >= 15 is 0 Å². The molecule has 0 aliphatic rings. The number of fused-ring (bicyclic) bond motifs is 1. The molecule has 100 valence electrons. The van der Waals surface area contributed by atoms with E-state index in [9.17, 15) is 4.79 Å². The van der Waals surface area contributed by atoms with Gasteiger partial charge in [0.2, 0.25) is 0 Å². The number of nitrogens with two attached hydrogens (primary N) is 1. The molecule has 0 bridgehead atoms. The van der Waals surface area contributed by atoms with E-state index in [2.05, 4.69) is 10.3 Å². The number of nitrogen functional groups attached to an aromatic ring is 1. The van der Waals surface area contributed by atoms with Crippen LogP contribution in [0.1, 0.15) is 5.56 Å². The summed E-state index contributed by atoms with van der Waals surface area (Å²) < 4.78 is 1.29. The van der Waals surface area contributed by atoms with Crippen molar-refractivity contribution in [2.45, 2.75) is 6.54 Å². The molecule has 3 rings (SSSR count). The maximum atomic E-state index is 12.3. The highest BCUT2D eigenvalue weighted by atomic mass is 35.5. The van der Waals surface area contributed by atoms with Crippen molar-refractivity contribution in [3.8, 4) is 0 Å². The molecule has 0 unspecified atom stereocenters. The van der Waals surface area contributed by atoms with Gasteiger partial charge in [0.25, 0.3) is 5.56 Å². The van der Waals surface area contributed by atoms with Crippen LogP contribution in [0.5, 0.6) is 0 Å². The monoisotopic (exact) mass is 286 g/mol. The van der Waals surface area contributed by atoms with Gasteiger partial charge in [-0.1, -0.05) is 35.0 Å². The topological polar surface area (TPSA) is 73.8 Å². The molecule has 1 heterocycles. The SMILES string of the molecule is Nc1cc(Cl)ccc1Cn1nnc2ccccc2c1=O. The van der Waals surface area contributed by atoms with Gasteiger partial charge in [-0.3, -0.25) is 4.79 Å². The quantitative estimate of drug-likeness (QED) is 0.732. The summed E-state index contributed by atoms with van der Waals surface area (Å²) >= 11 is 5.85. The molecule has 20 heavy (non-hydrogen) atoms. The molecule has 0 atom stereocenters. The minimum Gasteiger partial charge on any atom is -0.398 e. The van der Waals surface area contributed by atoms with Crippen LogP contribution in [0.4, 0.5) is 5.69 Å². The van der Waals surface area contributed by atoms with E-state index in [1.54, 1.807) is 36.4 Å². The molecule has 2 N–H and O–H groups in total. The second kappa shape index (κ2) is 4.94. The Morgan fingerprint density at radius 2 is 2.00 bits per heavy atom. The molecule has 1 aromatic heterocycles. The highest BCUT2D eigenvalue weighted by molar-refractivity contribution is 6.30. The van der Waals surface area contributed by atoms with Gasteiger partial charge in [0.15, 0.2) is 0 Å². The van der Waals surface area contributed by atoms with E-state index < -0.39 is 0 Å². The molecule has 0 aliphatic heterocycles. The van der Waals surface area contributed by atoms with Crippen molar-refractivity contribution in [1.29, 1.82) is 0 Å². The first-order valence-electron chi connectivity index (χ1n) is 6.01. The fourth-order valence-corrected chi connectivity index (χ4v) is 2.18. The van der Waals surface area contributed by atoms with Crippen molar-refractivity contribution in [2.75, 3.05) is 5.73 Å². The Labute approximate surface area is 119 Å². The summed E-state index contributed by atoms with van der Waals surface area (Å²) in [6, 6.07) is 12.3. The number of rotatable bonds is 2. The Morgan fingerprint density at radius 3 is 2.80 bits per heavy atom. The Hall–Kier alpha value is -2.40. The fourth-order valence-electron chi connectivity index (χ4n) is 2.00. The molecule has 2 aromatic carbocycles. The van der Waals surface area contributed by atoms with Crippen LogP contribution in [0.2, 0.25) is 5.02 Å². The zero-order chi connectivity index (χ0) is 14.1. The maximum absolute atomic E-state index is 12.3. The average Bonchev–Trinajstić information content (AvgIpc) is 2.45. The lowest BCUT2D eigenvalue weighted by molar-refractivity contribution is 0.601. The normalized spacial score (nSPS) is 10.8. The number of nitrogens with zero attached hydrogens (tertiary/aromatic N) is 3. The Balaban J connectivity index is 2.07. The molecule has 0 aliphatic carbocycles. The van der Waals surface area contributed by atoms with Gasteiger partial charge in [-0.15, -0.1) is 5.10 Å². The lowest BCUT2D eigenvalue weighted by atomic mass is 10.2. The first-order valence-corrected chi connectivity index (χ1v) is 6.39. The van der Waals surface area contributed by atoms with Gasteiger partial charge >= 0.3 is 0 Å². The Morgan fingerprint density at radius 1 is 1.20 bits per heavy atom. The molecular weight excluding hydrogens is 276 g/mol. The van der Waals surface area contributed by atoms with Crippen LogP contribution >= 0.6 is 11.6 Å². The van der Waals surface area contributed by atoms with Crippen LogP contribution in [-0.4, -0.2) is 15.0 Å². The fraction of sp³-hybridized carbons (Fsp3) is 0.0714. The van der Waals surface area contributed by atoms with E-state index in [0.717, 1.165) is 5.56 Å². The van der Waals surface area contributed by atoms with Gasteiger partial charge in [0.05, 0.1) is 11.9 Å². The molecule has 6 heteroatoms. The van der Waals surface area contributed by atoms with E-state index in [1.165, 1.54) is 4.68 Å². The number of aromatic nitrogens is 3. The summed E-state index contributed by atoms with van der Waals surface area (Å²) in [4.78, 5) is 12.3. The summed E-state index contributed by atoms with van der Waals surface area (Å²) in [5, 5.41) is 9.06. The second-order valence-corrected chi connectivity index (χ2v) is 4.85. The Kier molecular flexibility index (Phi) is 3.12. The van der Waals surface area contributed by atoms with Gasteiger partial charge in [0, 0.05) is 10.7 Å². The zero-order valence-corrected chi connectivity index (χ0v) is 11.2. The number of hydrogen-bond donors (Lipinski definition) is 1. The number of halogens is 1. The third kappa shape index (κ3) is 2.23. The van der Waals surface area contributed by atoms with Gasteiger partial charge in [-0.05, 0) is 29.8 Å². The van der Waals surface area contributed by atoms with Crippen LogP contribution in [0.25, 0.3) is 10.9 Å². The predicted octanol–water partition coefficient (Wildman–Crippen LogP) is 2.08. The predicted molar refractivity (Wildman–Crippen MR) is 78.8 cm³/mol. The minimum atomic E-state index is -0.190. The molecule has 0 radical (unpaired) electrons. The maximum Gasteiger partial charge on any atom is 0.277 e. The van der Waals surface area contributed by atoms with Crippen LogP contribution in [0.3, 0.4) is 0 Å². The largest absolute Gasteiger partial charge is 0.398 e. The van der Waals surface area contributed by atoms with Crippen molar-refractivity contribution in [3.05, 3.63) is 63.4 Å². The zero-order valence-electron chi connectivity index (χ0n) is 10.5. The molecule has 0 saturated carbocycles. The van der Waals surface area contributed by atoms with E-state index in [-0.39, 0.29) is 12.1 Å². The lowest BCUT2D eigenvalue weighted by Gasteiger charge is -2.07. The first-order chi connectivity index (χ1) is 9.65. The number of hydrogen-bond acceptors (Lipinski definition) is 4. The van der Waals surface area contributed by atoms with Gasteiger partial charge in [-0.25, -0.2) is 4.68 Å². The third-order valence-electron chi connectivity index (χ3n) is 3.06. The molecule has 0 amide bonds. The van der Waals surface area contributed by atoms with E-state index in [0.29, 0.717) is 21.6 Å². The second-order valence-electron chi connectivity index (χ2n) is 4.41. The molecule has 0 fully saturated rings. The van der Waals surface area contributed by atoms with E-state index in [4.69, 9.17) is 17.3 Å². The molecular formula is C14H11ClN4O. The highest BCUT2D eigenvalue weighted by Crippen LogP contribution is 2.18. The van der Waals surface area contributed by atoms with Crippen LogP contribution in [0.15, 0.2) is 47.3 Å². The number of benzene rings is 2. The van der Waals surface area contributed by atoms with Crippen LogP contribution in [0, 0.1) is 0 Å². The van der Waals surface area contributed by atoms with Crippen LogP contribution < -0.4 is 11.3 Å². The Bertz CT molecular complexity index is 844. The summed E-state index contributed by atoms with van der Waals surface area (Å²) in [6.07, 6.45) is 0. The minimum absolute atomic E-state index is 0.190. The summed E-state index contributed by atoms with van der Waals surface area (Å²) in [7, 11) is 0. The summed E-state index contributed by atoms with van der Waals surface area (Å²) in [5.74, 6) is 0. The lowest BCUT2D eigenvalue weighted by Crippen LogP contribution is -2.25. The van der Waals surface area contributed by atoms with Crippen molar-refractivity contribution in [1.82, 2.24) is 15.0 Å². The highest BCUT2D eigenvalue weighted by Gasteiger charge is 2.07. The van der Waals surface area contributed by atoms with Crippen molar-refractivity contribution >= 4 is 28.2 Å². The number of anilines is 1. The van der Waals surface area contributed by atoms with Gasteiger partial charge in [0.1, 0.15) is 5.52 Å². The molecule has 5 nitrogen and oxygen atoms in total. The van der Waals surface area contributed by atoms with Crippen molar-refractivity contribution in [2.24, 2.45) is 0 Å². The van der Waals surface area contributed by atoms with Crippen molar-refractivity contribution in [3.63, 3.8) is 0 Å². The molecule has 0 saturated heterocycles. The third-order valence-corrected chi connectivity index (χ3v) is 3.29. The van der Waals surface area contributed by atoms with Crippen LogP contribution in [-0.2, 0) is 6.54 Å². The average molecular weight is 287 g/mol. The van der Waals surface area contributed by atoms with E-state index in [1.807, 2.05) is 6.07 Å². The summed E-state index contributed by atoms with van der Waals surface area (Å²) in [5.41, 5.74) is 7.58.